The van der Waals surface area contributed by atoms with Crippen LogP contribution in [0.15, 0.2) is 34.3 Å². The summed E-state index contributed by atoms with van der Waals surface area (Å²) in [4.78, 5) is 10.5. The normalized spacial score (nSPS) is 17.0. The van der Waals surface area contributed by atoms with Gasteiger partial charge in [0.15, 0.2) is 5.96 Å². The molecule has 0 saturated carbocycles. The van der Waals surface area contributed by atoms with E-state index in [2.05, 4.69) is 21.8 Å². The Labute approximate surface area is 144 Å². The van der Waals surface area contributed by atoms with Crippen LogP contribution in [0.25, 0.3) is 0 Å². The van der Waals surface area contributed by atoms with Crippen molar-refractivity contribution < 1.29 is 0 Å². The molecule has 7 heteroatoms. The Bertz CT molecular complexity index is 532. The van der Waals surface area contributed by atoms with Crippen molar-refractivity contribution in [1.82, 2.24) is 4.90 Å². The first kappa shape index (κ1) is 19.3. The van der Waals surface area contributed by atoms with Crippen molar-refractivity contribution in [3.8, 4) is 0 Å². The van der Waals surface area contributed by atoms with Crippen LogP contribution in [-0.2, 0) is 6.42 Å². The number of nitrogens with two attached hydrogens (primary N) is 3. The fourth-order valence-corrected chi connectivity index (χ4v) is 2.49. The van der Waals surface area contributed by atoms with Crippen LogP contribution in [0.5, 0.6) is 0 Å². The number of likely N-dealkylation sites (tertiary alicyclic amines) is 1. The molecule has 2 rings (SSSR count). The standard InChI is InChI=1S/C16H26N6.ClH/c1-12-7-10-22(11-8-12)16(19)21-15(18)20-14-4-2-13(3-5-14)6-9-17;/h2-5,12H,6-11,17H2,1H3,(H4,18,19,20,21);1H. The van der Waals surface area contributed by atoms with Gasteiger partial charge < -0.3 is 22.1 Å². The molecule has 23 heavy (non-hydrogen) atoms. The summed E-state index contributed by atoms with van der Waals surface area (Å²) in [6.45, 7) is 4.75. The zero-order valence-corrected chi connectivity index (χ0v) is 14.4. The van der Waals surface area contributed by atoms with Crippen molar-refractivity contribution in [3.63, 3.8) is 0 Å². The van der Waals surface area contributed by atoms with E-state index in [1.54, 1.807) is 0 Å². The quantitative estimate of drug-likeness (QED) is 0.575. The Morgan fingerprint density at radius 1 is 1.17 bits per heavy atom. The molecule has 128 valence electrons. The Kier molecular flexibility index (Phi) is 7.85. The first-order valence-corrected chi connectivity index (χ1v) is 7.80. The summed E-state index contributed by atoms with van der Waals surface area (Å²) in [5, 5.41) is 0. The zero-order chi connectivity index (χ0) is 15.9. The van der Waals surface area contributed by atoms with E-state index in [1.165, 1.54) is 5.56 Å². The molecule has 0 aromatic heterocycles. The molecule has 1 aliphatic rings. The summed E-state index contributed by atoms with van der Waals surface area (Å²) in [6, 6.07) is 7.81. The first-order chi connectivity index (χ1) is 10.6. The van der Waals surface area contributed by atoms with Gasteiger partial charge in [0.1, 0.15) is 0 Å². The molecule has 6 nitrogen and oxygen atoms in total. The topological polar surface area (TPSA) is 106 Å². The van der Waals surface area contributed by atoms with Gasteiger partial charge in [0, 0.05) is 13.1 Å². The third-order valence-electron chi connectivity index (χ3n) is 3.95. The highest BCUT2D eigenvalue weighted by atomic mass is 35.5. The summed E-state index contributed by atoms with van der Waals surface area (Å²) < 4.78 is 0. The number of piperidine rings is 1. The first-order valence-electron chi connectivity index (χ1n) is 7.80. The lowest BCUT2D eigenvalue weighted by atomic mass is 10.00. The van der Waals surface area contributed by atoms with Gasteiger partial charge in [-0.3, -0.25) is 0 Å². The second kappa shape index (κ2) is 9.37. The lowest BCUT2D eigenvalue weighted by Crippen LogP contribution is -2.43. The Balaban J connectivity index is 0.00000264. The van der Waals surface area contributed by atoms with Gasteiger partial charge >= 0.3 is 0 Å². The number of rotatable bonds is 3. The average Bonchev–Trinajstić information content (AvgIpc) is 2.50. The minimum Gasteiger partial charge on any atom is -0.369 e. The van der Waals surface area contributed by atoms with Crippen LogP contribution >= 0.6 is 12.4 Å². The molecule has 0 spiro atoms. The molecule has 1 aromatic carbocycles. The average molecular weight is 339 g/mol. The number of aliphatic imine (C=N–C) groups is 2. The van der Waals surface area contributed by atoms with Gasteiger partial charge in [0.2, 0.25) is 5.96 Å². The molecular formula is C16H27ClN6. The third kappa shape index (κ3) is 6.08. The Hall–Kier alpha value is -1.79. The van der Waals surface area contributed by atoms with Gasteiger partial charge in [-0.2, -0.15) is 4.99 Å². The molecule has 1 fully saturated rings. The van der Waals surface area contributed by atoms with E-state index in [-0.39, 0.29) is 18.4 Å². The predicted molar refractivity (Wildman–Crippen MR) is 99.3 cm³/mol. The summed E-state index contributed by atoms with van der Waals surface area (Å²) in [5.74, 6) is 1.39. The molecule has 1 saturated heterocycles. The van der Waals surface area contributed by atoms with E-state index < -0.39 is 0 Å². The monoisotopic (exact) mass is 338 g/mol. The second-order valence-corrected chi connectivity index (χ2v) is 5.81. The zero-order valence-electron chi connectivity index (χ0n) is 13.6. The number of benzene rings is 1. The molecule has 0 unspecified atom stereocenters. The number of nitrogens with zero attached hydrogens (tertiary/aromatic N) is 3. The fourth-order valence-electron chi connectivity index (χ4n) is 2.49. The Morgan fingerprint density at radius 3 is 2.35 bits per heavy atom. The van der Waals surface area contributed by atoms with E-state index in [1.807, 2.05) is 24.3 Å². The minimum atomic E-state index is 0. The van der Waals surface area contributed by atoms with Gasteiger partial charge in [0.25, 0.3) is 0 Å². The van der Waals surface area contributed by atoms with Crippen LogP contribution in [0, 0.1) is 5.92 Å². The number of hydrogen-bond acceptors (Lipinski definition) is 2. The molecule has 0 amide bonds. The lowest BCUT2D eigenvalue weighted by Gasteiger charge is -2.30. The highest BCUT2D eigenvalue weighted by Crippen LogP contribution is 2.16. The molecule has 1 aromatic rings. The summed E-state index contributed by atoms with van der Waals surface area (Å²) in [6.07, 6.45) is 3.13. The maximum absolute atomic E-state index is 6.01. The summed E-state index contributed by atoms with van der Waals surface area (Å²) in [5.41, 5.74) is 19.4. The molecular weight excluding hydrogens is 312 g/mol. The van der Waals surface area contributed by atoms with Crippen LogP contribution in [0.4, 0.5) is 5.69 Å². The maximum atomic E-state index is 6.01. The Morgan fingerprint density at radius 2 is 1.78 bits per heavy atom. The van der Waals surface area contributed by atoms with Crippen LogP contribution < -0.4 is 17.2 Å². The van der Waals surface area contributed by atoms with Crippen molar-refractivity contribution in [2.75, 3.05) is 19.6 Å². The maximum Gasteiger partial charge on any atom is 0.223 e. The lowest BCUT2D eigenvalue weighted by molar-refractivity contribution is 0.278. The molecule has 0 atom stereocenters. The largest absolute Gasteiger partial charge is 0.369 e. The molecule has 0 aliphatic carbocycles. The number of hydrogen-bond donors (Lipinski definition) is 3. The van der Waals surface area contributed by atoms with Crippen LogP contribution in [0.1, 0.15) is 25.3 Å². The van der Waals surface area contributed by atoms with Gasteiger partial charge in [-0.15, -0.1) is 12.4 Å². The smallest absolute Gasteiger partial charge is 0.223 e. The van der Waals surface area contributed by atoms with Gasteiger partial charge in [-0.05, 0) is 49.4 Å². The van der Waals surface area contributed by atoms with E-state index in [4.69, 9.17) is 17.2 Å². The van der Waals surface area contributed by atoms with Gasteiger partial charge in [-0.25, -0.2) is 4.99 Å². The van der Waals surface area contributed by atoms with Gasteiger partial charge in [-0.1, -0.05) is 19.1 Å². The van der Waals surface area contributed by atoms with E-state index in [0.717, 1.165) is 44.0 Å². The van der Waals surface area contributed by atoms with E-state index >= 15 is 0 Å². The minimum absolute atomic E-state index is 0. The van der Waals surface area contributed by atoms with Crippen molar-refractivity contribution in [2.45, 2.75) is 26.2 Å². The molecule has 0 radical (unpaired) electrons. The highest BCUT2D eigenvalue weighted by molar-refractivity contribution is 5.94. The molecule has 1 heterocycles. The van der Waals surface area contributed by atoms with Crippen molar-refractivity contribution in [2.24, 2.45) is 33.1 Å². The van der Waals surface area contributed by atoms with Crippen molar-refractivity contribution >= 4 is 30.0 Å². The fraction of sp³-hybridized carbons (Fsp3) is 0.500. The SMILES string of the molecule is CC1CCN(C(N)=NC(N)=Nc2ccc(CCN)cc2)CC1.Cl. The summed E-state index contributed by atoms with van der Waals surface area (Å²) >= 11 is 0. The molecule has 6 N–H and O–H groups in total. The molecule has 0 bridgehead atoms. The number of guanidine groups is 2. The van der Waals surface area contributed by atoms with E-state index in [0.29, 0.717) is 12.5 Å². The number of halogens is 1. The summed E-state index contributed by atoms with van der Waals surface area (Å²) in [7, 11) is 0. The van der Waals surface area contributed by atoms with Crippen molar-refractivity contribution in [3.05, 3.63) is 29.8 Å². The second-order valence-electron chi connectivity index (χ2n) is 5.81. The van der Waals surface area contributed by atoms with Crippen LogP contribution in [0.3, 0.4) is 0 Å². The predicted octanol–water partition coefficient (Wildman–Crippen LogP) is 1.60. The molecule has 1 aliphatic heterocycles. The highest BCUT2D eigenvalue weighted by Gasteiger charge is 2.17. The van der Waals surface area contributed by atoms with E-state index in [9.17, 15) is 0 Å². The van der Waals surface area contributed by atoms with Crippen molar-refractivity contribution in [1.29, 1.82) is 0 Å². The van der Waals surface area contributed by atoms with Crippen LogP contribution in [0.2, 0.25) is 0 Å². The van der Waals surface area contributed by atoms with Crippen LogP contribution in [-0.4, -0.2) is 36.5 Å². The van der Waals surface area contributed by atoms with Gasteiger partial charge in [0.05, 0.1) is 5.69 Å². The third-order valence-corrected chi connectivity index (χ3v) is 3.95.